The number of rotatable bonds is 3. The lowest BCUT2D eigenvalue weighted by molar-refractivity contribution is 0.198. The maximum absolute atomic E-state index is 9.63. The van der Waals surface area contributed by atoms with E-state index in [2.05, 4.69) is 56.1 Å². The molecule has 0 radical (unpaired) electrons. The fourth-order valence-electron chi connectivity index (χ4n) is 2.51. The van der Waals surface area contributed by atoms with Crippen LogP contribution in [0.5, 0.6) is 0 Å². The molecule has 1 fully saturated rings. The highest BCUT2D eigenvalue weighted by molar-refractivity contribution is 5.55. The second kappa shape index (κ2) is 5.51. The number of nitrogens with zero attached hydrogens (tertiary/aromatic N) is 1. The number of benzene rings is 1. The largest absolute Gasteiger partial charge is 0.391 e. The SMILES string of the molecule is Cc1cc(CNC(C)(C)C)ccc1N1CCC(O)C1. The molecule has 1 aromatic rings. The Morgan fingerprint density at radius 1 is 1.37 bits per heavy atom. The molecule has 19 heavy (non-hydrogen) atoms. The standard InChI is InChI=1S/C16H26N2O/c1-12-9-13(10-17-16(2,3)4)5-6-15(12)18-8-7-14(19)11-18/h5-6,9,14,17,19H,7-8,10-11H2,1-4H3. The number of hydrogen-bond acceptors (Lipinski definition) is 3. The van der Waals surface area contributed by atoms with E-state index in [9.17, 15) is 5.11 Å². The second-order valence-electron chi connectivity index (χ2n) is 6.61. The van der Waals surface area contributed by atoms with Crippen LogP contribution in [0.25, 0.3) is 0 Å². The summed E-state index contributed by atoms with van der Waals surface area (Å²) in [4.78, 5) is 2.28. The molecule has 0 aromatic heterocycles. The molecule has 2 rings (SSSR count). The predicted octanol–water partition coefficient (Wildman–Crippen LogP) is 2.45. The zero-order valence-corrected chi connectivity index (χ0v) is 12.5. The zero-order chi connectivity index (χ0) is 14.0. The molecule has 106 valence electrons. The van der Waals surface area contributed by atoms with E-state index in [0.29, 0.717) is 0 Å². The molecular formula is C16H26N2O. The van der Waals surface area contributed by atoms with E-state index in [1.807, 2.05) is 0 Å². The Morgan fingerprint density at radius 2 is 2.11 bits per heavy atom. The van der Waals surface area contributed by atoms with Crippen LogP contribution in [0.2, 0.25) is 0 Å². The van der Waals surface area contributed by atoms with Crippen molar-refractivity contribution in [3.63, 3.8) is 0 Å². The lowest BCUT2D eigenvalue weighted by atomic mass is 10.1. The fraction of sp³-hybridized carbons (Fsp3) is 0.625. The number of aliphatic hydroxyl groups excluding tert-OH is 1. The maximum Gasteiger partial charge on any atom is 0.0731 e. The number of β-amino-alcohol motifs (C(OH)–C–C–N with tert-alkyl or cyclic N) is 1. The Labute approximate surface area is 116 Å². The van der Waals surface area contributed by atoms with Gasteiger partial charge in [-0.2, -0.15) is 0 Å². The number of aryl methyl sites for hydroxylation is 1. The third kappa shape index (κ3) is 3.95. The Balaban J connectivity index is 2.05. The van der Waals surface area contributed by atoms with Crippen molar-refractivity contribution < 1.29 is 5.11 Å². The first-order valence-electron chi connectivity index (χ1n) is 7.13. The molecular weight excluding hydrogens is 236 g/mol. The summed E-state index contributed by atoms with van der Waals surface area (Å²) >= 11 is 0. The molecule has 1 aliphatic rings. The first kappa shape index (κ1) is 14.4. The summed E-state index contributed by atoms with van der Waals surface area (Å²) in [6, 6.07) is 6.62. The fourth-order valence-corrected chi connectivity index (χ4v) is 2.51. The van der Waals surface area contributed by atoms with Crippen LogP contribution in [-0.2, 0) is 6.54 Å². The van der Waals surface area contributed by atoms with Crippen molar-refractivity contribution in [3.8, 4) is 0 Å². The van der Waals surface area contributed by atoms with Crippen LogP contribution in [0, 0.1) is 6.92 Å². The molecule has 0 bridgehead atoms. The van der Waals surface area contributed by atoms with Crippen LogP contribution in [0.1, 0.15) is 38.3 Å². The van der Waals surface area contributed by atoms with Gasteiger partial charge in [-0.3, -0.25) is 0 Å². The van der Waals surface area contributed by atoms with Crippen LogP contribution in [-0.4, -0.2) is 29.8 Å². The van der Waals surface area contributed by atoms with Gasteiger partial charge in [-0.15, -0.1) is 0 Å². The average Bonchev–Trinajstić information content (AvgIpc) is 2.72. The molecule has 3 heteroatoms. The van der Waals surface area contributed by atoms with Crippen molar-refractivity contribution in [3.05, 3.63) is 29.3 Å². The summed E-state index contributed by atoms with van der Waals surface area (Å²) in [7, 11) is 0. The van der Waals surface area contributed by atoms with Crippen molar-refractivity contribution in [2.24, 2.45) is 0 Å². The van der Waals surface area contributed by atoms with Crippen LogP contribution in [0.15, 0.2) is 18.2 Å². The Bertz CT molecular complexity index is 437. The first-order valence-corrected chi connectivity index (χ1v) is 7.13. The van der Waals surface area contributed by atoms with Gasteiger partial charge in [0.25, 0.3) is 0 Å². The van der Waals surface area contributed by atoms with Crippen molar-refractivity contribution in [1.82, 2.24) is 5.32 Å². The van der Waals surface area contributed by atoms with Crippen molar-refractivity contribution in [2.45, 2.75) is 52.3 Å². The van der Waals surface area contributed by atoms with E-state index >= 15 is 0 Å². The van der Waals surface area contributed by atoms with Crippen LogP contribution < -0.4 is 10.2 Å². The Hall–Kier alpha value is -1.06. The van der Waals surface area contributed by atoms with E-state index < -0.39 is 0 Å². The highest BCUT2D eigenvalue weighted by Gasteiger charge is 2.21. The van der Waals surface area contributed by atoms with Crippen LogP contribution in [0.3, 0.4) is 0 Å². The highest BCUT2D eigenvalue weighted by atomic mass is 16.3. The van der Waals surface area contributed by atoms with E-state index in [1.165, 1.54) is 16.8 Å². The summed E-state index contributed by atoms with van der Waals surface area (Å²) in [5, 5.41) is 13.1. The summed E-state index contributed by atoms with van der Waals surface area (Å²) in [5.74, 6) is 0. The van der Waals surface area contributed by atoms with Gasteiger partial charge >= 0.3 is 0 Å². The molecule has 1 unspecified atom stereocenters. The minimum absolute atomic E-state index is 0.144. The molecule has 0 amide bonds. The quantitative estimate of drug-likeness (QED) is 0.878. The number of nitrogens with one attached hydrogen (secondary N) is 1. The van der Waals surface area contributed by atoms with Gasteiger partial charge in [-0.25, -0.2) is 0 Å². The molecule has 2 N–H and O–H groups in total. The van der Waals surface area contributed by atoms with Gasteiger partial charge in [-0.1, -0.05) is 12.1 Å². The molecule has 1 heterocycles. The van der Waals surface area contributed by atoms with Gasteiger partial charge in [0.15, 0.2) is 0 Å². The van der Waals surface area contributed by atoms with Gasteiger partial charge in [0.05, 0.1) is 6.10 Å². The third-order valence-corrected chi connectivity index (χ3v) is 3.59. The van der Waals surface area contributed by atoms with Crippen LogP contribution >= 0.6 is 0 Å². The van der Waals surface area contributed by atoms with E-state index in [1.54, 1.807) is 0 Å². The first-order chi connectivity index (χ1) is 8.85. The molecule has 0 saturated carbocycles. The minimum atomic E-state index is -0.165. The number of anilines is 1. The number of hydrogen-bond donors (Lipinski definition) is 2. The lowest BCUT2D eigenvalue weighted by Gasteiger charge is -2.23. The topological polar surface area (TPSA) is 35.5 Å². The molecule has 3 nitrogen and oxygen atoms in total. The van der Waals surface area contributed by atoms with E-state index in [4.69, 9.17) is 0 Å². The van der Waals surface area contributed by atoms with Gasteiger partial charge in [0.1, 0.15) is 0 Å². The summed E-state index contributed by atoms with van der Waals surface area (Å²) in [6.07, 6.45) is 0.717. The van der Waals surface area contributed by atoms with Crippen LogP contribution in [0.4, 0.5) is 5.69 Å². The van der Waals surface area contributed by atoms with E-state index in [-0.39, 0.29) is 11.6 Å². The normalized spacial score (nSPS) is 20.1. The molecule has 1 saturated heterocycles. The number of aliphatic hydroxyl groups is 1. The molecule has 0 aliphatic carbocycles. The van der Waals surface area contributed by atoms with Crippen molar-refractivity contribution >= 4 is 5.69 Å². The Morgan fingerprint density at radius 3 is 2.63 bits per heavy atom. The predicted molar refractivity (Wildman–Crippen MR) is 80.6 cm³/mol. The van der Waals surface area contributed by atoms with E-state index in [0.717, 1.165) is 26.1 Å². The molecule has 1 atom stereocenters. The second-order valence-corrected chi connectivity index (χ2v) is 6.61. The van der Waals surface area contributed by atoms with Gasteiger partial charge in [0, 0.05) is 30.9 Å². The van der Waals surface area contributed by atoms with Gasteiger partial charge in [0.2, 0.25) is 0 Å². The monoisotopic (exact) mass is 262 g/mol. The van der Waals surface area contributed by atoms with Gasteiger partial charge < -0.3 is 15.3 Å². The molecule has 1 aromatic carbocycles. The zero-order valence-electron chi connectivity index (χ0n) is 12.5. The summed E-state index contributed by atoms with van der Waals surface area (Å²) in [6.45, 7) is 11.3. The molecule has 1 aliphatic heterocycles. The highest BCUT2D eigenvalue weighted by Crippen LogP contribution is 2.25. The molecule has 0 spiro atoms. The van der Waals surface area contributed by atoms with Gasteiger partial charge in [-0.05, 0) is 51.3 Å². The third-order valence-electron chi connectivity index (χ3n) is 3.59. The Kier molecular flexibility index (Phi) is 4.16. The van der Waals surface area contributed by atoms with Crippen molar-refractivity contribution in [1.29, 1.82) is 0 Å². The smallest absolute Gasteiger partial charge is 0.0731 e. The summed E-state index contributed by atoms with van der Waals surface area (Å²) in [5.41, 5.74) is 4.01. The lowest BCUT2D eigenvalue weighted by Crippen LogP contribution is -2.35. The minimum Gasteiger partial charge on any atom is -0.391 e. The summed E-state index contributed by atoms with van der Waals surface area (Å²) < 4.78 is 0. The maximum atomic E-state index is 9.63. The van der Waals surface area contributed by atoms with Crippen molar-refractivity contribution in [2.75, 3.05) is 18.0 Å². The average molecular weight is 262 g/mol.